The van der Waals surface area contributed by atoms with E-state index in [0.717, 1.165) is 28.6 Å². The van der Waals surface area contributed by atoms with E-state index < -0.39 is 0 Å². The normalized spacial score (nSPS) is 19.1. The van der Waals surface area contributed by atoms with Crippen LogP contribution in [0.5, 0.6) is 0 Å². The van der Waals surface area contributed by atoms with Crippen LogP contribution < -0.4 is 10.2 Å². The van der Waals surface area contributed by atoms with Crippen molar-refractivity contribution < 1.29 is 0 Å². The van der Waals surface area contributed by atoms with Gasteiger partial charge >= 0.3 is 0 Å². The van der Waals surface area contributed by atoms with E-state index in [0.29, 0.717) is 6.04 Å². The fourth-order valence-corrected chi connectivity index (χ4v) is 3.91. The monoisotopic (exact) mass is 394 g/mol. The molecule has 2 nitrogen and oxygen atoms in total. The topological polar surface area (TPSA) is 15.3 Å². The van der Waals surface area contributed by atoms with Gasteiger partial charge in [-0.15, -0.1) is 0 Å². The molecule has 0 radical (unpaired) electrons. The first kappa shape index (κ1) is 14.1. The number of anilines is 1. The molecule has 3 rings (SSSR count). The lowest BCUT2D eigenvalue weighted by Gasteiger charge is -2.36. The summed E-state index contributed by atoms with van der Waals surface area (Å²) >= 11 is 7.17. The van der Waals surface area contributed by atoms with Crippen molar-refractivity contribution in [1.82, 2.24) is 5.32 Å². The number of hydrogen-bond donors (Lipinski definition) is 1. The highest BCUT2D eigenvalue weighted by molar-refractivity contribution is 9.11. The summed E-state index contributed by atoms with van der Waals surface area (Å²) in [6, 6.07) is 17.4. The van der Waals surface area contributed by atoms with Crippen molar-refractivity contribution in [3.8, 4) is 0 Å². The van der Waals surface area contributed by atoms with Gasteiger partial charge in [-0.25, -0.2) is 0 Å². The van der Waals surface area contributed by atoms with Crippen molar-refractivity contribution in [2.24, 2.45) is 0 Å². The summed E-state index contributed by atoms with van der Waals surface area (Å²) in [5, 5.41) is 3.60. The lowest BCUT2D eigenvalue weighted by Crippen LogP contribution is -2.46. The molecule has 1 aliphatic heterocycles. The zero-order valence-corrected chi connectivity index (χ0v) is 14.2. The third-order valence-electron chi connectivity index (χ3n) is 3.63. The van der Waals surface area contributed by atoms with Crippen molar-refractivity contribution in [3.63, 3.8) is 0 Å². The van der Waals surface area contributed by atoms with E-state index in [4.69, 9.17) is 0 Å². The molecule has 104 valence electrons. The summed E-state index contributed by atoms with van der Waals surface area (Å²) in [4.78, 5) is 2.44. The van der Waals surface area contributed by atoms with Gasteiger partial charge in [0.15, 0.2) is 0 Å². The van der Waals surface area contributed by atoms with Gasteiger partial charge < -0.3 is 10.2 Å². The molecule has 1 atom stereocenters. The molecule has 0 aromatic heterocycles. The van der Waals surface area contributed by atoms with E-state index in [1.165, 1.54) is 11.3 Å². The summed E-state index contributed by atoms with van der Waals surface area (Å²) < 4.78 is 2.24. The van der Waals surface area contributed by atoms with Crippen molar-refractivity contribution >= 4 is 37.5 Å². The van der Waals surface area contributed by atoms with Crippen LogP contribution in [0.25, 0.3) is 0 Å². The molecule has 0 amide bonds. The van der Waals surface area contributed by atoms with Gasteiger partial charge in [0, 0.05) is 34.6 Å². The second kappa shape index (κ2) is 6.29. The number of halogens is 2. The Labute approximate surface area is 136 Å². The Bertz CT molecular complexity index is 586. The molecule has 4 heteroatoms. The third-order valence-corrected chi connectivity index (χ3v) is 4.76. The highest BCUT2D eigenvalue weighted by Gasteiger charge is 2.21. The highest BCUT2D eigenvalue weighted by atomic mass is 79.9. The molecule has 0 spiro atoms. The molecular formula is C16H16Br2N2. The van der Waals surface area contributed by atoms with E-state index in [1.807, 2.05) is 0 Å². The quantitative estimate of drug-likeness (QED) is 0.812. The van der Waals surface area contributed by atoms with Crippen LogP contribution in [0.3, 0.4) is 0 Å². The van der Waals surface area contributed by atoms with Gasteiger partial charge in [-0.3, -0.25) is 0 Å². The Hall–Kier alpha value is -0.840. The van der Waals surface area contributed by atoms with E-state index in [-0.39, 0.29) is 0 Å². The lowest BCUT2D eigenvalue weighted by atomic mass is 10.0. The first-order valence-electron chi connectivity index (χ1n) is 6.72. The second-order valence-corrected chi connectivity index (χ2v) is 6.73. The number of nitrogens with zero attached hydrogens (tertiary/aromatic N) is 1. The number of nitrogens with one attached hydrogen (secondary N) is 1. The Morgan fingerprint density at radius 3 is 2.60 bits per heavy atom. The predicted octanol–water partition coefficient (Wildman–Crippen LogP) is 4.36. The van der Waals surface area contributed by atoms with E-state index in [2.05, 4.69) is 90.6 Å². The molecule has 0 bridgehead atoms. The molecule has 1 heterocycles. The molecule has 0 saturated carbocycles. The first-order valence-corrected chi connectivity index (χ1v) is 8.31. The maximum absolute atomic E-state index is 3.67. The van der Waals surface area contributed by atoms with E-state index in [1.54, 1.807) is 0 Å². The highest BCUT2D eigenvalue weighted by Crippen LogP contribution is 2.31. The molecule has 20 heavy (non-hydrogen) atoms. The van der Waals surface area contributed by atoms with E-state index in [9.17, 15) is 0 Å². The van der Waals surface area contributed by atoms with Gasteiger partial charge in [0.1, 0.15) is 0 Å². The van der Waals surface area contributed by atoms with Crippen molar-refractivity contribution in [2.75, 3.05) is 24.5 Å². The minimum Gasteiger partial charge on any atom is -0.367 e. The van der Waals surface area contributed by atoms with Gasteiger partial charge in [0.25, 0.3) is 0 Å². The number of benzene rings is 2. The molecule has 1 saturated heterocycles. The summed E-state index contributed by atoms with van der Waals surface area (Å²) in [6.07, 6.45) is 0. The zero-order chi connectivity index (χ0) is 13.9. The molecule has 1 N–H and O–H groups in total. The Morgan fingerprint density at radius 2 is 1.85 bits per heavy atom. The number of rotatable bonds is 2. The average molecular weight is 396 g/mol. The number of hydrogen-bond acceptors (Lipinski definition) is 2. The minimum atomic E-state index is 0.389. The van der Waals surface area contributed by atoms with Crippen molar-refractivity contribution in [3.05, 3.63) is 63.0 Å². The third kappa shape index (κ3) is 3.08. The van der Waals surface area contributed by atoms with Gasteiger partial charge in [0.2, 0.25) is 0 Å². The molecular weight excluding hydrogens is 380 g/mol. The summed E-state index contributed by atoms with van der Waals surface area (Å²) in [5.41, 5.74) is 2.61. The zero-order valence-electron chi connectivity index (χ0n) is 11.0. The SMILES string of the molecule is Brc1ccc(N2CCNC(c3ccccc3)C2)c(Br)c1. The van der Waals surface area contributed by atoms with Crippen LogP contribution >= 0.6 is 31.9 Å². The standard InChI is InChI=1S/C16H16Br2N2/c17-13-6-7-16(14(18)10-13)20-9-8-19-15(11-20)12-4-2-1-3-5-12/h1-7,10,15,19H,8-9,11H2. The van der Waals surface area contributed by atoms with Crippen LogP contribution in [0.2, 0.25) is 0 Å². The Morgan fingerprint density at radius 1 is 1.05 bits per heavy atom. The Balaban J connectivity index is 1.81. The lowest BCUT2D eigenvalue weighted by molar-refractivity contribution is 0.471. The molecule has 1 aliphatic rings. The number of piperazine rings is 1. The first-order chi connectivity index (χ1) is 9.74. The maximum atomic E-state index is 3.67. The Kier molecular flexibility index (Phi) is 4.44. The van der Waals surface area contributed by atoms with Crippen LogP contribution in [0, 0.1) is 0 Å². The van der Waals surface area contributed by atoms with Crippen molar-refractivity contribution in [1.29, 1.82) is 0 Å². The molecule has 2 aromatic carbocycles. The van der Waals surface area contributed by atoms with Crippen LogP contribution in [-0.2, 0) is 0 Å². The van der Waals surface area contributed by atoms with Crippen molar-refractivity contribution in [2.45, 2.75) is 6.04 Å². The summed E-state index contributed by atoms with van der Waals surface area (Å²) in [7, 11) is 0. The van der Waals surface area contributed by atoms with Gasteiger partial charge in [-0.2, -0.15) is 0 Å². The molecule has 1 unspecified atom stereocenters. The fraction of sp³-hybridized carbons (Fsp3) is 0.250. The predicted molar refractivity (Wildman–Crippen MR) is 91.2 cm³/mol. The van der Waals surface area contributed by atoms with Gasteiger partial charge in [0.05, 0.1) is 5.69 Å². The maximum Gasteiger partial charge on any atom is 0.0512 e. The minimum absolute atomic E-state index is 0.389. The van der Waals surface area contributed by atoms with Crippen LogP contribution in [0.4, 0.5) is 5.69 Å². The molecule has 1 fully saturated rings. The summed E-state index contributed by atoms with van der Waals surface area (Å²) in [6.45, 7) is 3.02. The van der Waals surface area contributed by atoms with Crippen LogP contribution in [0.15, 0.2) is 57.5 Å². The van der Waals surface area contributed by atoms with Gasteiger partial charge in [-0.1, -0.05) is 46.3 Å². The molecule has 2 aromatic rings. The molecule has 0 aliphatic carbocycles. The fourth-order valence-electron chi connectivity index (χ4n) is 2.62. The largest absolute Gasteiger partial charge is 0.367 e. The van der Waals surface area contributed by atoms with Crippen LogP contribution in [-0.4, -0.2) is 19.6 Å². The second-order valence-electron chi connectivity index (χ2n) is 4.96. The average Bonchev–Trinajstić information content (AvgIpc) is 2.48. The van der Waals surface area contributed by atoms with E-state index >= 15 is 0 Å². The smallest absolute Gasteiger partial charge is 0.0512 e. The van der Waals surface area contributed by atoms with Gasteiger partial charge in [-0.05, 0) is 39.7 Å². The summed E-state index contributed by atoms with van der Waals surface area (Å²) in [5.74, 6) is 0. The van der Waals surface area contributed by atoms with Crippen LogP contribution in [0.1, 0.15) is 11.6 Å².